The number of amides is 1. The van der Waals surface area contributed by atoms with Gasteiger partial charge < -0.3 is 5.32 Å². The summed E-state index contributed by atoms with van der Waals surface area (Å²) in [6, 6.07) is 13.6. The minimum absolute atomic E-state index is 0.189. The molecule has 2 aromatic carbocycles. The van der Waals surface area contributed by atoms with Crippen LogP contribution in [0.1, 0.15) is 45.5 Å². The second-order valence-electron chi connectivity index (χ2n) is 9.02. The van der Waals surface area contributed by atoms with Gasteiger partial charge in [0.05, 0.1) is 11.1 Å². The molecule has 178 valence electrons. The number of aryl methyl sites for hydroxylation is 2. The first-order chi connectivity index (χ1) is 16.8. The Hall–Kier alpha value is -3.29. The number of anilines is 1. The molecule has 1 amide bonds. The summed E-state index contributed by atoms with van der Waals surface area (Å²) in [7, 11) is 0. The van der Waals surface area contributed by atoms with Crippen LogP contribution < -0.4 is 10.9 Å². The molecule has 1 aliphatic carbocycles. The van der Waals surface area contributed by atoms with Gasteiger partial charge >= 0.3 is 0 Å². The second kappa shape index (κ2) is 9.40. The van der Waals surface area contributed by atoms with Gasteiger partial charge in [-0.2, -0.15) is 0 Å². The summed E-state index contributed by atoms with van der Waals surface area (Å²) in [5.74, 6) is 0.412. The van der Waals surface area contributed by atoms with Gasteiger partial charge in [-0.25, -0.2) is 4.98 Å². The summed E-state index contributed by atoms with van der Waals surface area (Å²) in [5, 5.41) is 3.83. The molecular weight excluding hydrogens is 482 g/mol. The molecule has 0 radical (unpaired) electrons. The van der Waals surface area contributed by atoms with E-state index >= 15 is 0 Å². The number of hydrogen-bond donors (Lipinski definition) is 1. The normalized spacial score (nSPS) is 15.1. The number of benzene rings is 2. The standard InChI is InChI=1S/C27H24ClN3O3S/c1-15-8-10-19-22(12-15)35-26-24(19)27(34)31(16(2)29-26)14-23(32)30-21-11-9-18(28)13-20(21)25(33)17-6-4-3-5-7-17/h3-7,9,11,13,15H,8,10,12,14H2,1-2H3,(H,30,32). The van der Waals surface area contributed by atoms with Crippen LogP contribution in [0.4, 0.5) is 5.69 Å². The topological polar surface area (TPSA) is 81.1 Å². The molecule has 0 spiro atoms. The molecule has 1 atom stereocenters. The van der Waals surface area contributed by atoms with Gasteiger partial charge in [0.15, 0.2) is 5.78 Å². The summed E-state index contributed by atoms with van der Waals surface area (Å²) >= 11 is 7.74. The maximum Gasteiger partial charge on any atom is 0.263 e. The number of hydrogen-bond acceptors (Lipinski definition) is 5. The fraction of sp³-hybridized carbons (Fsp3) is 0.259. The first kappa shape index (κ1) is 23.5. The maximum atomic E-state index is 13.4. The highest BCUT2D eigenvalue weighted by Gasteiger charge is 2.25. The van der Waals surface area contributed by atoms with Gasteiger partial charge in [-0.15, -0.1) is 11.3 Å². The zero-order valence-corrected chi connectivity index (χ0v) is 21.0. The van der Waals surface area contributed by atoms with E-state index < -0.39 is 5.91 Å². The number of halogens is 1. The number of thiophene rings is 1. The van der Waals surface area contributed by atoms with Gasteiger partial charge in [0.2, 0.25) is 5.91 Å². The van der Waals surface area contributed by atoms with E-state index in [1.165, 1.54) is 15.5 Å². The van der Waals surface area contributed by atoms with Crippen molar-refractivity contribution in [3.63, 3.8) is 0 Å². The quantitative estimate of drug-likeness (QED) is 0.367. The van der Waals surface area contributed by atoms with Crippen molar-refractivity contribution in [2.24, 2.45) is 5.92 Å². The van der Waals surface area contributed by atoms with Crippen LogP contribution in [-0.2, 0) is 24.2 Å². The number of carbonyl (C=O) groups excluding carboxylic acids is 2. The third kappa shape index (κ3) is 4.54. The van der Waals surface area contributed by atoms with Crippen molar-refractivity contribution in [3.05, 3.63) is 91.3 Å². The Balaban J connectivity index is 1.45. The number of ketones is 1. The van der Waals surface area contributed by atoms with Crippen LogP contribution in [0.2, 0.25) is 5.02 Å². The molecule has 0 aliphatic heterocycles. The number of aromatic nitrogens is 2. The average molecular weight is 506 g/mol. The molecule has 2 heterocycles. The zero-order chi connectivity index (χ0) is 24.7. The molecule has 5 rings (SSSR count). The lowest BCUT2D eigenvalue weighted by Crippen LogP contribution is -2.30. The Morgan fingerprint density at radius 2 is 1.97 bits per heavy atom. The van der Waals surface area contributed by atoms with Crippen LogP contribution >= 0.6 is 22.9 Å². The van der Waals surface area contributed by atoms with E-state index in [2.05, 4.69) is 17.2 Å². The number of rotatable bonds is 5. The predicted octanol–water partition coefficient (Wildman–Crippen LogP) is 5.41. The molecule has 6 nitrogen and oxygen atoms in total. The highest BCUT2D eigenvalue weighted by molar-refractivity contribution is 7.18. The molecule has 0 saturated carbocycles. The molecule has 4 aromatic rings. The van der Waals surface area contributed by atoms with Crippen LogP contribution in [0.25, 0.3) is 10.2 Å². The van der Waals surface area contributed by atoms with Gasteiger partial charge in [-0.05, 0) is 55.9 Å². The monoisotopic (exact) mass is 505 g/mol. The van der Waals surface area contributed by atoms with Crippen molar-refractivity contribution in [1.82, 2.24) is 9.55 Å². The van der Waals surface area contributed by atoms with E-state index in [0.29, 0.717) is 33.4 Å². The summed E-state index contributed by atoms with van der Waals surface area (Å²) in [6.45, 7) is 3.76. The zero-order valence-electron chi connectivity index (χ0n) is 19.4. The third-order valence-corrected chi connectivity index (χ3v) is 7.83. The molecule has 1 aliphatic rings. The molecule has 35 heavy (non-hydrogen) atoms. The van der Waals surface area contributed by atoms with Gasteiger partial charge in [-0.1, -0.05) is 48.9 Å². The Kier molecular flexibility index (Phi) is 6.30. The molecule has 0 fully saturated rings. The third-order valence-electron chi connectivity index (χ3n) is 6.44. The van der Waals surface area contributed by atoms with Crippen molar-refractivity contribution in [3.8, 4) is 0 Å². The minimum Gasteiger partial charge on any atom is -0.324 e. The van der Waals surface area contributed by atoms with Crippen LogP contribution in [-0.4, -0.2) is 21.2 Å². The number of nitrogens with zero attached hydrogens (tertiary/aromatic N) is 2. The van der Waals surface area contributed by atoms with E-state index in [4.69, 9.17) is 11.6 Å². The highest BCUT2D eigenvalue weighted by Crippen LogP contribution is 2.35. The van der Waals surface area contributed by atoms with E-state index in [-0.39, 0.29) is 23.5 Å². The predicted molar refractivity (Wildman–Crippen MR) is 140 cm³/mol. The largest absolute Gasteiger partial charge is 0.324 e. The number of nitrogens with one attached hydrogen (secondary N) is 1. The van der Waals surface area contributed by atoms with E-state index in [9.17, 15) is 14.4 Å². The Morgan fingerprint density at radius 3 is 2.74 bits per heavy atom. The van der Waals surface area contributed by atoms with Crippen molar-refractivity contribution in [2.75, 3.05) is 5.32 Å². The second-order valence-corrected chi connectivity index (χ2v) is 10.5. The molecular formula is C27H24ClN3O3S. The highest BCUT2D eigenvalue weighted by atomic mass is 35.5. The fourth-order valence-electron chi connectivity index (χ4n) is 4.60. The average Bonchev–Trinajstić information content (AvgIpc) is 3.20. The summed E-state index contributed by atoms with van der Waals surface area (Å²) < 4.78 is 1.41. The van der Waals surface area contributed by atoms with Crippen LogP contribution in [0.15, 0.2) is 53.3 Å². The Bertz CT molecular complexity index is 1520. The van der Waals surface area contributed by atoms with Crippen molar-refractivity contribution >= 4 is 50.5 Å². The van der Waals surface area contributed by atoms with Gasteiger partial charge in [0.1, 0.15) is 17.2 Å². The summed E-state index contributed by atoms with van der Waals surface area (Å²) in [5.41, 5.74) is 2.02. The van der Waals surface area contributed by atoms with Crippen LogP contribution in [0, 0.1) is 12.8 Å². The van der Waals surface area contributed by atoms with Crippen molar-refractivity contribution in [2.45, 2.75) is 39.7 Å². The fourth-order valence-corrected chi connectivity index (χ4v) is 6.19. The SMILES string of the molecule is Cc1nc2sc3c(c2c(=O)n1CC(=O)Nc1ccc(Cl)cc1C(=O)c1ccccc1)CCC(C)C3. The molecule has 8 heteroatoms. The molecule has 0 bridgehead atoms. The smallest absolute Gasteiger partial charge is 0.263 e. The lowest BCUT2D eigenvalue weighted by Gasteiger charge is -2.17. The molecule has 1 unspecified atom stereocenters. The van der Waals surface area contributed by atoms with Gasteiger partial charge in [0, 0.05) is 21.0 Å². The van der Waals surface area contributed by atoms with E-state index in [1.807, 2.05) is 6.07 Å². The maximum absolute atomic E-state index is 13.4. The Morgan fingerprint density at radius 1 is 1.20 bits per heavy atom. The first-order valence-corrected chi connectivity index (χ1v) is 12.7. The molecule has 0 saturated heterocycles. The van der Waals surface area contributed by atoms with E-state index in [1.54, 1.807) is 54.7 Å². The number of carbonyl (C=O) groups is 2. The molecule has 2 aromatic heterocycles. The lowest BCUT2D eigenvalue weighted by molar-refractivity contribution is -0.116. The Labute approximate surface area is 211 Å². The first-order valence-electron chi connectivity index (χ1n) is 11.5. The lowest BCUT2D eigenvalue weighted by atomic mass is 9.89. The van der Waals surface area contributed by atoms with Gasteiger partial charge in [-0.3, -0.25) is 19.0 Å². The van der Waals surface area contributed by atoms with Crippen LogP contribution in [0.3, 0.4) is 0 Å². The van der Waals surface area contributed by atoms with Crippen LogP contribution in [0.5, 0.6) is 0 Å². The number of fused-ring (bicyclic) bond motifs is 3. The summed E-state index contributed by atoms with van der Waals surface area (Å²) in [4.78, 5) is 46.2. The molecule has 1 N–H and O–H groups in total. The van der Waals surface area contributed by atoms with Crippen molar-refractivity contribution < 1.29 is 9.59 Å². The summed E-state index contributed by atoms with van der Waals surface area (Å²) in [6.07, 6.45) is 2.87. The van der Waals surface area contributed by atoms with E-state index in [0.717, 1.165) is 29.7 Å². The minimum atomic E-state index is -0.418. The van der Waals surface area contributed by atoms with Gasteiger partial charge in [0.25, 0.3) is 5.56 Å². The van der Waals surface area contributed by atoms with Crippen molar-refractivity contribution in [1.29, 1.82) is 0 Å².